The Morgan fingerprint density at radius 2 is 1.50 bits per heavy atom. The van der Waals surface area contributed by atoms with Crippen LogP contribution in [0.1, 0.15) is 34.6 Å². The third-order valence-electron chi connectivity index (χ3n) is 3.68. The van der Waals surface area contributed by atoms with Crippen LogP contribution in [0.3, 0.4) is 0 Å². The predicted molar refractivity (Wildman–Crippen MR) is 77.4 cm³/mol. The summed E-state index contributed by atoms with van der Waals surface area (Å²) in [6.07, 6.45) is 5.48. The largest absolute Gasteiger partial charge is 0.269 e. The van der Waals surface area contributed by atoms with Gasteiger partial charge in [0, 0.05) is 16.5 Å². The van der Waals surface area contributed by atoms with Crippen LogP contribution >= 0.6 is 0 Å². The molecule has 0 saturated heterocycles. The smallest absolute Gasteiger partial charge is 0.262 e. The molecule has 2 aromatic rings. The monoisotopic (exact) mass is 263 g/mol. The SMILES string of the molecule is C#CC(C)(C)N1C(=O)c2cccc3cccc(c23)C1=O. The van der Waals surface area contributed by atoms with Crippen LogP contribution in [-0.4, -0.2) is 22.3 Å². The molecule has 1 heterocycles. The molecular formula is C17H13NO2. The average Bonchev–Trinajstić information content (AvgIpc) is 2.44. The second-order valence-electron chi connectivity index (χ2n) is 5.36. The van der Waals surface area contributed by atoms with Crippen molar-refractivity contribution < 1.29 is 9.59 Å². The first-order valence-electron chi connectivity index (χ1n) is 6.36. The highest BCUT2D eigenvalue weighted by atomic mass is 16.2. The first kappa shape index (κ1) is 12.4. The van der Waals surface area contributed by atoms with E-state index in [0.717, 1.165) is 5.39 Å². The number of carbonyl (C=O) groups is 2. The highest BCUT2D eigenvalue weighted by molar-refractivity contribution is 6.25. The highest BCUT2D eigenvalue weighted by Crippen LogP contribution is 2.33. The summed E-state index contributed by atoms with van der Waals surface area (Å²) < 4.78 is 0. The third kappa shape index (κ3) is 1.48. The van der Waals surface area contributed by atoms with Crippen LogP contribution in [0, 0.1) is 12.3 Å². The summed E-state index contributed by atoms with van der Waals surface area (Å²) in [5.74, 6) is 1.86. The second-order valence-corrected chi connectivity index (χ2v) is 5.36. The number of imide groups is 1. The van der Waals surface area contributed by atoms with Crippen molar-refractivity contribution in [3.8, 4) is 12.3 Å². The third-order valence-corrected chi connectivity index (χ3v) is 3.68. The number of nitrogens with zero attached hydrogens (tertiary/aromatic N) is 1. The first-order chi connectivity index (χ1) is 9.47. The molecule has 0 aromatic heterocycles. The van der Waals surface area contributed by atoms with E-state index in [9.17, 15) is 9.59 Å². The molecule has 0 atom stereocenters. The standard InChI is InChI=1S/C17H13NO2/c1-4-17(2,3)18-15(19)12-9-5-7-11-8-6-10-13(14(11)12)16(18)20/h1,5-10H,2-3H3. The van der Waals surface area contributed by atoms with Gasteiger partial charge in [0.2, 0.25) is 0 Å². The van der Waals surface area contributed by atoms with Crippen molar-refractivity contribution in [2.75, 3.05) is 0 Å². The van der Waals surface area contributed by atoms with Crippen LogP contribution in [0.15, 0.2) is 36.4 Å². The topological polar surface area (TPSA) is 37.4 Å². The Morgan fingerprint density at radius 3 is 1.95 bits per heavy atom. The van der Waals surface area contributed by atoms with Gasteiger partial charge in [-0.25, -0.2) is 0 Å². The van der Waals surface area contributed by atoms with Gasteiger partial charge in [0.15, 0.2) is 0 Å². The Balaban J connectivity index is 2.36. The summed E-state index contributed by atoms with van der Waals surface area (Å²) >= 11 is 0. The van der Waals surface area contributed by atoms with E-state index in [-0.39, 0.29) is 11.8 Å². The molecule has 98 valence electrons. The summed E-state index contributed by atoms with van der Waals surface area (Å²) in [5, 5.41) is 1.61. The van der Waals surface area contributed by atoms with Crippen molar-refractivity contribution in [3.05, 3.63) is 47.5 Å². The Kier molecular flexibility index (Phi) is 2.45. The fraction of sp³-hybridized carbons (Fsp3) is 0.176. The van der Waals surface area contributed by atoms with Crippen molar-refractivity contribution in [1.29, 1.82) is 0 Å². The minimum Gasteiger partial charge on any atom is -0.269 e. The minimum absolute atomic E-state index is 0.331. The van der Waals surface area contributed by atoms with Gasteiger partial charge in [-0.2, -0.15) is 0 Å². The molecule has 2 amide bonds. The maximum atomic E-state index is 12.6. The quantitative estimate of drug-likeness (QED) is 0.586. The van der Waals surface area contributed by atoms with Crippen LogP contribution in [0.2, 0.25) is 0 Å². The lowest BCUT2D eigenvalue weighted by molar-refractivity contribution is 0.0505. The molecule has 0 unspecified atom stereocenters. The van der Waals surface area contributed by atoms with E-state index < -0.39 is 5.54 Å². The second kappa shape index (κ2) is 3.94. The van der Waals surface area contributed by atoms with E-state index in [0.29, 0.717) is 16.5 Å². The van der Waals surface area contributed by atoms with Gasteiger partial charge < -0.3 is 0 Å². The van der Waals surface area contributed by atoms with Crippen molar-refractivity contribution in [3.63, 3.8) is 0 Å². The number of hydrogen-bond donors (Lipinski definition) is 0. The van der Waals surface area contributed by atoms with Gasteiger partial charge in [-0.05, 0) is 31.4 Å². The first-order valence-corrected chi connectivity index (χ1v) is 6.36. The molecule has 3 heteroatoms. The number of terminal acetylenes is 1. The lowest BCUT2D eigenvalue weighted by Gasteiger charge is -2.36. The fourth-order valence-electron chi connectivity index (χ4n) is 2.60. The molecular weight excluding hydrogens is 250 g/mol. The summed E-state index contributed by atoms with van der Waals surface area (Å²) in [4.78, 5) is 26.4. The van der Waals surface area contributed by atoms with E-state index in [4.69, 9.17) is 6.42 Å². The predicted octanol–water partition coefficient (Wildman–Crippen LogP) is 2.85. The Hall–Kier alpha value is -2.60. The van der Waals surface area contributed by atoms with E-state index in [2.05, 4.69) is 5.92 Å². The summed E-state index contributed by atoms with van der Waals surface area (Å²) in [6.45, 7) is 3.38. The van der Waals surface area contributed by atoms with Crippen LogP contribution in [0.25, 0.3) is 10.8 Å². The molecule has 0 bridgehead atoms. The van der Waals surface area contributed by atoms with Crippen LogP contribution in [0.4, 0.5) is 0 Å². The zero-order valence-electron chi connectivity index (χ0n) is 11.3. The Bertz CT molecular complexity index is 745. The number of amides is 2. The molecule has 0 fully saturated rings. The molecule has 0 saturated carbocycles. The van der Waals surface area contributed by atoms with Crippen LogP contribution < -0.4 is 0 Å². The fourth-order valence-corrected chi connectivity index (χ4v) is 2.60. The molecule has 1 aliphatic rings. The zero-order chi connectivity index (χ0) is 14.5. The van der Waals surface area contributed by atoms with Crippen molar-refractivity contribution >= 4 is 22.6 Å². The number of hydrogen-bond acceptors (Lipinski definition) is 2. The van der Waals surface area contributed by atoms with Crippen molar-refractivity contribution in [2.24, 2.45) is 0 Å². The van der Waals surface area contributed by atoms with E-state index in [1.165, 1.54) is 4.90 Å². The summed E-state index contributed by atoms with van der Waals surface area (Å²) in [7, 11) is 0. The van der Waals surface area contributed by atoms with Crippen LogP contribution in [-0.2, 0) is 0 Å². The number of benzene rings is 2. The summed E-state index contributed by atoms with van der Waals surface area (Å²) in [5.41, 5.74) is 0.103. The normalized spacial score (nSPS) is 14.6. The Labute approximate surface area is 117 Å². The van der Waals surface area contributed by atoms with E-state index in [1.807, 2.05) is 24.3 Å². The van der Waals surface area contributed by atoms with Gasteiger partial charge in [0.25, 0.3) is 11.8 Å². The zero-order valence-corrected chi connectivity index (χ0v) is 11.3. The van der Waals surface area contributed by atoms with Crippen molar-refractivity contribution in [1.82, 2.24) is 4.90 Å². The van der Waals surface area contributed by atoms with Gasteiger partial charge in [-0.15, -0.1) is 6.42 Å². The van der Waals surface area contributed by atoms with Gasteiger partial charge >= 0.3 is 0 Å². The average molecular weight is 263 g/mol. The van der Waals surface area contributed by atoms with Gasteiger partial charge in [-0.1, -0.05) is 30.2 Å². The van der Waals surface area contributed by atoms with Crippen molar-refractivity contribution in [2.45, 2.75) is 19.4 Å². The molecule has 3 rings (SSSR count). The minimum atomic E-state index is -0.955. The van der Waals surface area contributed by atoms with E-state index in [1.54, 1.807) is 26.0 Å². The molecule has 1 aliphatic heterocycles. The molecule has 0 N–H and O–H groups in total. The molecule has 3 nitrogen and oxygen atoms in total. The lowest BCUT2D eigenvalue weighted by atomic mass is 9.90. The lowest BCUT2D eigenvalue weighted by Crippen LogP contribution is -2.52. The maximum absolute atomic E-state index is 12.6. The Morgan fingerprint density at radius 1 is 1.00 bits per heavy atom. The van der Waals surface area contributed by atoms with Gasteiger partial charge in [-0.3, -0.25) is 14.5 Å². The summed E-state index contributed by atoms with van der Waals surface area (Å²) in [6, 6.07) is 10.9. The molecule has 20 heavy (non-hydrogen) atoms. The van der Waals surface area contributed by atoms with E-state index >= 15 is 0 Å². The van der Waals surface area contributed by atoms with Gasteiger partial charge in [0.1, 0.15) is 5.54 Å². The molecule has 0 aliphatic carbocycles. The molecule has 2 aromatic carbocycles. The molecule has 0 radical (unpaired) electrons. The number of carbonyl (C=O) groups excluding carboxylic acids is 2. The van der Waals surface area contributed by atoms with Gasteiger partial charge in [0.05, 0.1) is 0 Å². The number of rotatable bonds is 1. The molecule has 0 spiro atoms. The van der Waals surface area contributed by atoms with Crippen LogP contribution in [0.5, 0.6) is 0 Å². The maximum Gasteiger partial charge on any atom is 0.262 e. The highest BCUT2D eigenvalue weighted by Gasteiger charge is 2.40.